The van der Waals surface area contributed by atoms with E-state index in [2.05, 4.69) is 5.32 Å². The van der Waals surface area contributed by atoms with Crippen LogP contribution in [0.5, 0.6) is 5.75 Å². The van der Waals surface area contributed by atoms with Gasteiger partial charge in [0.1, 0.15) is 16.8 Å². The van der Waals surface area contributed by atoms with Crippen LogP contribution in [0.1, 0.15) is 33.0 Å². The first-order valence-corrected chi connectivity index (χ1v) is 11.8. The SMILES string of the molecule is CCOc1ccc(C(=O)NC[C@H](c2cccs2)S(=O)(=O)c2ccc(F)c(C)c2)cc1. The summed E-state index contributed by atoms with van der Waals surface area (Å²) in [6, 6.07) is 13.8. The zero-order valence-corrected chi connectivity index (χ0v) is 18.2. The molecule has 158 valence electrons. The summed E-state index contributed by atoms with van der Waals surface area (Å²) in [4.78, 5) is 13.2. The number of sulfone groups is 1. The van der Waals surface area contributed by atoms with Gasteiger partial charge >= 0.3 is 0 Å². The molecule has 0 radical (unpaired) electrons. The summed E-state index contributed by atoms with van der Waals surface area (Å²) in [7, 11) is -3.85. The minimum Gasteiger partial charge on any atom is -0.494 e. The Morgan fingerprint density at radius 1 is 1.17 bits per heavy atom. The van der Waals surface area contributed by atoms with E-state index in [1.54, 1.807) is 41.8 Å². The summed E-state index contributed by atoms with van der Waals surface area (Å²) < 4.78 is 45.5. The Morgan fingerprint density at radius 3 is 2.50 bits per heavy atom. The van der Waals surface area contributed by atoms with Crippen molar-refractivity contribution in [2.75, 3.05) is 13.2 Å². The number of ether oxygens (including phenoxy) is 1. The summed E-state index contributed by atoms with van der Waals surface area (Å²) in [5.41, 5.74) is 0.651. The Bertz CT molecular complexity index is 1110. The van der Waals surface area contributed by atoms with Gasteiger partial charge in [0.25, 0.3) is 5.91 Å². The highest BCUT2D eigenvalue weighted by Crippen LogP contribution is 2.32. The van der Waals surface area contributed by atoms with E-state index < -0.39 is 20.9 Å². The van der Waals surface area contributed by atoms with E-state index in [0.29, 0.717) is 22.8 Å². The summed E-state index contributed by atoms with van der Waals surface area (Å²) in [6.45, 7) is 3.80. The molecule has 1 aromatic heterocycles. The van der Waals surface area contributed by atoms with Crippen LogP contribution in [0.4, 0.5) is 4.39 Å². The first kappa shape index (κ1) is 22.0. The van der Waals surface area contributed by atoms with Gasteiger partial charge in [0.05, 0.1) is 11.5 Å². The van der Waals surface area contributed by atoms with Gasteiger partial charge in [-0.15, -0.1) is 11.3 Å². The van der Waals surface area contributed by atoms with Crippen molar-refractivity contribution in [3.05, 3.63) is 81.8 Å². The molecule has 0 fully saturated rings. The number of carbonyl (C=O) groups is 1. The van der Waals surface area contributed by atoms with Crippen LogP contribution in [0.25, 0.3) is 0 Å². The lowest BCUT2D eigenvalue weighted by Gasteiger charge is -2.18. The molecule has 1 heterocycles. The van der Waals surface area contributed by atoms with Crippen molar-refractivity contribution in [1.29, 1.82) is 0 Å². The van der Waals surface area contributed by atoms with E-state index in [0.717, 1.165) is 6.07 Å². The van der Waals surface area contributed by atoms with Crippen LogP contribution >= 0.6 is 11.3 Å². The second-order valence-electron chi connectivity index (χ2n) is 6.63. The fourth-order valence-electron chi connectivity index (χ4n) is 2.95. The predicted molar refractivity (Wildman–Crippen MR) is 115 cm³/mol. The number of aryl methyl sites for hydroxylation is 1. The molecule has 1 atom stereocenters. The van der Waals surface area contributed by atoms with Crippen LogP contribution < -0.4 is 10.1 Å². The van der Waals surface area contributed by atoms with E-state index in [-0.39, 0.29) is 22.9 Å². The Morgan fingerprint density at radius 2 is 1.90 bits per heavy atom. The maximum absolute atomic E-state index is 13.6. The third-order valence-corrected chi connectivity index (χ3v) is 7.78. The first-order chi connectivity index (χ1) is 14.3. The van der Waals surface area contributed by atoms with E-state index in [9.17, 15) is 17.6 Å². The molecule has 0 unspecified atom stereocenters. The Labute approximate surface area is 179 Å². The number of hydrogen-bond donors (Lipinski definition) is 1. The van der Waals surface area contributed by atoms with E-state index >= 15 is 0 Å². The topological polar surface area (TPSA) is 72.5 Å². The third-order valence-electron chi connectivity index (χ3n) is 4.57. The van der Waals surface area contributed by atoms with Crippen molar-refractivity contribution < 1.29 is 22.3 Å². The average Bonchev–Trinajstić information content (AvgIpc) is 3.25. The molecule has 3 rings (SSSR count). The molecule has 2 aromatic carbocycles. The molecule has 0 aliphatic heterocycles. The predicted octanol–water partition coefficient (Wildman–Crippen LogP) is 4.54. The Kier molecular flexibility index (Phi) is 6.89. The van der Waals surface area contributed by atoms with E-state index in [1.165, 1.54) is 30.4 Å². The lowest BCUT2D eigenvalue weighted by Crippen LogP contribution is -2.31. The van der Waals surface area contributed by atoms with Gasteiger partial charge in [0, 0.05) is 17.0 Å². The Balaban J connectivity index is 1.82. The van der Waals surface area contributed by atoms with Crippen molar-refractivity contribution in [3.8, 4) is 5.75 Å². The van der Waals surface area contributed by atoms with Crippen LogP contribution in [0, 0.1) is 12.7 Å². The van der Waals surface area contributed by atoms with Gasteiger partial charge < -0.3 is 10.1 Å². The molecule has 5 nitrogen and oxygen atoms in total. The molecule has 1 N–H and O–H groups in total. The molecule has 0 aliphatic carbocycles. The maximum Gasteiger partial charge on any atom is 0.251 e. The van der Waals surface area contributed by atoms with Crippen molar-refractivity contribution >= 4 is 27.1 Å². The third kappa shape index (κ3) is 4.88. The van der Waals surface area contributed by atoms with Crippen LogP contribution in [0.2, 0.25) is 0 Å². The fourth-order valence-corrected chi connectivity index (χ4v) is 5.82. The minimum absolute atomic E-state index is 0.0233. The minimum atomic E-state index is -3.85. The zero-order chi connectivity index (χ0) is 21.7. The molecule has 0 spiro atoms. The summed E-state index contributed by atoms with van der Waals surface area (Å²) in [5, 5.41) is 3.52. The van der Waals surface area contributed by atoms with Gasteiger partial charge in [-0.25, -0.2) is 12.8 Å². The Hall–Kier alpha value is -2.71. The smallest absolute Gasteiger partial charge is 0.251 e. The summed E-state index contributed by atoms with van der Waals surface area (Å²) in [6.07, 6.45) is 0. The van der Waals surface area contributed by atoms with Crippen molar-refractivity contribution in [3.63, 3.8) is 0 Å². The lowest BCUT2D eigenvalue weighted by atomic mass is 10.2. The second kappa shape index (κ2) is 9.40. The number of amides is 1. The second-order valence-corrected chi connectivity index (χ2v) is 9.74. The highest BCUT2D eigenvalue weighted by atomic mass is 32.2. The molecule has 1 amide bonds. The number of nitrogens with one attached hydrogen (secondary N) is 1. The quantitative estimate of drug-likeness (QED) is 0.515. The summed E-state index contributed by atoms with van der Waals surface area (Å²) >= 11 is 1.29. The van der Waals surface area contributed by atoms with E-state index in [1.807, 2.05) is 6.92 Å². The van der Waals surface area contributed by atoms with Gasteiger partial charge in [-0.1, -0.05) is 6.07 Å². The van der Waals surface area contributed by atoms with Gasteiger partial charge in [0.2, 0.25) is 0 Å². The maximum atomic E-state index is 13.6. The number of rotatable bonds is 8. The number of halogens is 1. The van der Waals surface area contributed by atoms with Gasteiger partial charge in [0.15, 0.2) is 9.84 Å². The van der Waals surface area contributed by atoms with Gasteiger partial charge in [-0.05, 0) is 73.3 Å². The van der Waals surface area contributed by atoms with Crippen molar-refractivity contribution in [2.45, 2.75) is 24.0 Å². The highest BCUT2D eigenvalue weighted by molar-refractivity contribution is 7.91. The monoisotopic (exact) mass is 447 g/mol. The molecule has 30 heavy (non-hydrogen) atoms. The molecular formula is C22H22FNO4S2. The number of carbonyl (C=O) groups excluding carboxylic acids is 1. The van der Waals surface area contributed by atoms with Crippen LogP contribution in [0.3, 0.4) is 0 Å². The first-order valence-electron chi connectivity index (χ1n) is 9.37. The zero-order valence-electron chi connectivity index (χ0n) is 16.6. The fraction of sp³-hybridized carbons (Fsp3) is 0.227. The highest BCUT2D eigenvalue weighted by Gasteiger charge is 2.31. The number of hydrogen-bond acceptors (Lipinski definition) is 5. The summed E-state index contributed by atoms with van der Waals surface area (Å²) in [5.74, 6) is -0.199. The van der Waals surface area contributed by atoms with Gasteiger partial charge in [-0.3, -0.25) is 4.79 Å². The molecule has 3 aromatic rings. The van der Waals surface area contributed by atoms with Crippen LogP contribution in [-0.2, 0) is 9.84 Å². The van der Waals surface area contributed by atoms with E-state index in [4.69, 9.17) is 4.74 Å². The lowest BCUT2D eigenvalue weighted by molar-refractivity contribution is 0.0953. The van der Waals surface area contributed by atoms with Gasteiger partial charge in [-0.2, -0.15) is 0 Å². The van der Waals surface area contributed by atoms with Crippen LogP contribution in [-0.4, -0.2) is 27.5 Å². The number of benzene rings is 2. The van der Waals surface area contributed by atoms with Crippen LogP contribution in [0.15, 0.2) is 64.9 Å². The molecule has 0 saturated heterocycles. The molecule has 0 bridgehead atoms. The largest absolute Gasteiger partial charge is 0.494 e. The molecule has 8 heteroatoms. The number of thiophene rings is 1. The van der Waals surface area contributed by atoms with Crippen molar-refractivity contribution in [2.24, 2.45) is 0 Å². The molecular weight excluding hydrogens is 425 g/mol. The van der Waals surface area contributed by atoms with Crippen molar-refractivity contribution in [1.82, 2.24) is 5.32 Å². The normalized spacial score (nSPS) is 12.4. The standard InChI is InChI=1S/C22H22FNO4S2/c1-3-28-17-8-6-16(7-9-17)22(25)24-14-21(20-5-4-12-29-20)30(26,27)18-10-11-19(23)15(2)13-18/h4-13,21H,3,14H2,1-2H3,(H,24,25)/t21-/m1/s1. The molecule has 0 aliphatic rings. The average molecular weight is 448 g/mol. The molecule has 0 saturated carbocycles.